The van der Waals surface area contributed by atoms with Crippen molar-refractivity contribution in [2.24, 2.45) is 5.73 Å². The highest BCUT2D eigenvalue weighted by molar-refractivity contribution is 7.93. The molecule has 206 valence electrons. The number of esters is 1. The zero-order valence-corrected chi connectivity index (χ0v) is 23.3. The minimum Gasteiger partial charge on any atom is -0.489 e. The Balaban J connectivity index is 1.82. The first-order chi connectivity index (χ1) is 18.1. The Morgan fingerprint density at radius 3 is 2.58 bits per heavy atom. The number of benzene rings is 2. The van der Waals surface area contributed by atoms with Crippen molar-refractivity contribution in [3.8, 4) is 5.75 Å². The van der Waals surface area contributed by atoms with Crippen molar-refractivity contribution < 1.29 is 22.7 Å². The van der Waals surface area contributed by atoms with E-state index in [1.807, 2.05) is 6.07 Å². The van der Waals surface area contributed by atoms with Gasteiger partial charge in [0, 0.05) is 18.7 Å². The Morgan fingerprint density at radius 2 is 1.95 bits per heavy atom. The molecule has 0 bridgehead atoms. The highest BCUT2D eigenvalue weighted by Crippen LogP contribution is 2.32. The van der Waals surface area contributed by atoms with Crippen LogP contribution in [0.25, 0.3) is 6.08 Å². The number of nitrogens with zero attached hydrogens (tertiary/aromatic N) is 2. The smallest absolute Gasteiger partial charge is 0.323 e. The molecule has 0 radical (unpaired) electrons. The van der Waals surface area contributed by atoms with Gasteiger partial charge in [0.15, 0.2) is 5.75 Å². The van der Waals surface area contributed by atoms with Crippen molar-refractivity contribution in [3.05, 3.63) is 64.7 Å². The van der Waals surface area contributed by atoms with Crippen LogP contribution in [0.4, 0.5) is 5.69 Å². The number of amidine groups is 1. The van der Waals surface area contributed by atoms with Crippen LogP contribution in [0, 0.1) is 5.41 Å². The quantitative estimate of drug-likeness (QED) is 0.228. The molecule has 0 amide bonds. The number of anilines is 1. The molecule has 0 unspecified atom stereocenters. The SMILES string of the molecule is CCOC(=O)CS(=O)(=O)N(CC=Cc1cccc(C(=N)N)c1)c1ccc(OC2CCN(CC)CC2)c(Cl)c1. The largest absolute Gasteiger partial charge is 0.489 e. The van der Waals surface area contributed by atoms with E-state index in [-0.39, 0.29) is 30.1 Å². The summed E-state index contributed by atoms with van der Waals surface area (Å²) in [4.78, 5) is 14.4. The van der Waals surface area contributed by atoms with Gasteiger partial charge in [-0.2, -0.15) is 0 Å². The lowest BCUT2D eigenvalue weighted by Gasteiger charge is -2.31. The van der Waals surface area contributed by atoms with Crippen LogP contribution in [-0.2, 0) is 19.6 Å². The molecule has 2 aromatic rings. The average molecular weight is 563 g/mol. The monoisotopic (exact) mass is 562 g/mol. The van der Waals surface area contributed by atoms with Gasteiger partial charge in [-0.05, 0) is 56.1 Å². The van der Waals surface area contributed by atoms with Crippen LogP contribution in [-0.4, -0.2) is 69.8 Å². The van der Waals surface area contributed by atoms with Crippen LogP contribution in [0.3, 0.4) is 0 Å². The number of carbonyl (C=O) groups excluding carboxylic acids is 1. The number of halogens is 1. The zero-order chi connectivity index (χ0) is 27.7. The Hall–Kier alpha value is -3.08. The molecule has 38 heavy (non-hydrogen) atoms. The maximum atomic E-state index is 13.2. The normalized spacial score (nSPS) is 14.9. The van der Waals surface area contributed by atoms with Crippen LogP contribution >= 0.6 is 11.6 Å². The summed E-state index contributed by atoms with van der Waals surface area (Å²) in [6.07, 6.45) is 5.20. The van der Waals surface area contributed by atoms with Gasteiger partial charge in [-0.15, -0.1) is 0 Å². The van der Waals surface area contributed by atoms with E-state index in [0.29, 0.717) is 17.0 Å². The van der Waals surface area contributed by atoms with E-state index in [1.54, 1.807) is 49.4 Å². The van der Waals surface area contributed by atoms with Gasteiger partial charge in [-0.3, -0.25) is 14.5 Å². The van der Waals surface area contributed by atoms with E-state index < -0.39 is 21.7 Å². The van der Waals surface area contributed by atoms with Gasteiger partial charge < -0.3 is 20.1 Å². The maximum Gasteiger partial charge on any atom is 0.323 e. The molecule has 1 saturated heterocycles. The fourth-order valence-electron chi connectivity index (χ4n) is 4.17. The van der Waals surface area contributed by atoms with Gasteiger partial charge in [0.1, 0.15) is 17.7 Å². The number of ether oxygens (including phenoxy) is 2. The predicted octanol–water partition coefficient (Wildman–Crippen LogP) is 3.90. The Kier molecular flexibility index (Phi) is 10.6. The van der Waals surface area contributed by atoms with E-state index in [0.717, 1.165) is 42.3 Å². The molecule has 1 fully saturated rings. The molecule has 0 spiro atoms. The van der Waals surface area contributed by atoms with E-state index in [4.69, 9.17) is 32.2 Å². The number of hydrogen-bond donors (Lipinski definition) is 2. The molecule has 1 aliphatic rings. The molecular formula is C27H35ClN4O5S. The Labute approximate surface area is 229 Å². The van der Waals surface area contributed by atoms with Crippen LogP contribution in [0.5, 0.6) is 5.75 Å². The number of carbonyl (C=O) groups is 1. The predicted molar refractivity (Wildman–Crippen MR) is 151 cm³/mol. The second kappa shape index (κ2) is 13.6. The molecule has 11 heteroatoms. The summed E-state index contributed by atoms with van der Waals surface area (Å²) >= 11 is 6.53. The highest BCUT2D eigenvalue weighted by Gasteiger charge is 2.27. The summed E-state index contributed by atoms with van der Waals surface area (Å²) in [6.45, 7) is 6.70. The lowest BCUT2D eigenvalue weighted by Crippen LogP contribution is -2.38. The summed E-state index contributed by atoms with van der Waals surface area (Å²) in [5, 5.41) is 7.89. The number of nitrogens with one attached hydrogen (secondary N) is 1. The van der Waals surface area contributed by atoms with Gasteiger partial charge in [0.25, 0.3) is 0 Å². The number of piperidine rings is 1. The molecule has 0 atom stereocenters. The van der Waals surface area contributed by atoms with Crippen molar-refractivity contribution in [1.82, 2.24) is 4.90 Å². The van der Waals surface area contributed by atoms with E-state index in [9.17, 15) is 13.2 Å². The van der Waals surface area contributed by atoms with Crippen molar-refractivity contribution in [2.75, 3.05) is 42.8 Å². The first-order valence-corrected chi connectivity index (χ1v) is 14.6. The molecule has 1 heterocycles. The third-order valence-corrected chi connectivity index (χ3v) is 8.13. The summed E-state index contributed by atoms with van der Waals surface area (Å²) in [6, 6.07) is 11.8. The molecule has 2 aromatic carbocycles. The van der Waals surface area contributed by atoms with Crippen LogP contribution in [0.1, 0.15) is 37.8 Å². The Morgan fingerprint density at radius 1 is 1.21 bits per heavy atom. The first kappa shape index (κ1) is 29.5. The fourth-order valence-corrected chi connectivity index (χ4v) is 5.67. The van der Waals surface area contributed by atoms with E-state index >= 15 is 0 Å². The number of hydrogen-bond acceptors (Lipinski definition) is 7. The van der Waals surface area contributed by atoms with Crippen molar-refractivity contribution in [1.29, 1.82) is 5.41 Å². The lowest BCUT2D eigenvalue weighted by atomic mass is 10.1. The minimum atomic E-state index is -4.09. The molecule has 0 aliphatic carbocycles. The third-order valence-electron chi connectivity index (χ3n) is 6.20. The van der Waals surface area contributed by atoms with E-state index in [2.05, 4.69) is 11.8 Å². The molecule has 3 rings (SSSR count). The maximum absolute atomic E-state index is 13.2. The van der Waals surface area contributed by atoms with Crippen molar-refractivity contribution in [2.45, 2.75) is 32.8 Å². The van der Waals surface area contributed by atoms with Crippen LogP contribution < -0.4 is 14.8 Å². The number of rotatable bonds is 12. The van der Waals surface area contributed by atoms with Gasteiger partial charge in [-0.25, -0.2) is 8.42 Å². The topological polar surface area (TPSA) is 126 Å². The first-order valence-electron chi connectivity index (χ1n) is 12.6. The van der Waals surface area contributed by atoms with Crippen LogP contribution in [0.2, 0.25) is 5.02 Å². The molecule has 9 nitrogen and oxygen atoms in total. The zero-order valence-electron chi connectivity index (χ0n) is 21.7. The lowest BCUT2D eigenvalue weighted by molar-refractivity contribution is -0.139. The standard InChI is InChI=1S/C27H35ClN4O5S/c1-3-31-15-12-23(13-16-31)37-25-11-10-22(18-24(25)28)32(38(34,35)19-26(33)36-4-2)14-6-8-20-7-5-9-21(17-20)27(29)30/h5-11,17-18,23H,3-4,12-16,19H2,1-2H3,(H3,29,30). The highest BCUT2D eigenvalue weighted by atomic mass is 35.5. The average Bonchev–Trinajstić information content (AvgIpc) is 2.88. The van der Waals surface area contributed by atoms with Gasteiger partial charge >= 0.3 is 5.97 Å². The van der Waals surface area contributed by atoms with E-state index in [1.165, 1.54) is 6.07 Å². The van der Waals surface area contributed by atoms with Gasteiger partial charge in [-0.1, -0.05) is 48.9 Å². The number of nitrogens with two attached hydrogens (primary N) is 1. The molecule has 0 aromatic heterocycles. The summed E-state index contributed by atoms with van der Waals surface area (Å²) in [7, 11) is -4.09. The molecule has 1 aliphatic heterocycles. The van der Waals surface area contributed by atoms with Gasteiger partial charge in [0.05, 0.1) is 23.9 Å². The minimum absolute atomic E-state index is 0.0403. The van der Waals surface area contributed by atoms with Crippen molar-refractivity contribution >= 4 is 45.2 Å². The fraction of sp³-hybridized carbons (Fsp3) is 0.407. The summed E-state index contributed by atoms with van der Waals surface area (Å²) in [5.41, 5.74) is 7.17. The Bertz CT molecular complexity index is 1260. The number of sulfonamides is 1. The second-order valence-corrected chi connectivity index (χ2v) is 11.2. The number of nitrogen functional groups attached to an aromatic ring is 1. The summed E-state index contributed by atoms with van der Waals surface area (Å²) in [5.74, 6) is -1.21. The van der Waals surface area contributed by atoms with Crippen LogP contribution in [0.15, 0.2) is 48.5 Å². The molecule has 3 N–H and O–H groups in total. The van der Waals surface area contributed by atoms with Gasteiger partial charge in [0.2, 0.25) is 10.0 Å². The van der Waals surface area contributed by atoms with Crippen molar-refractivity contribution in [3.63, 3.8) is 0 Å². The second-order valence-electron chi connectivity index (χ2n) is 8.90. The summed E-state index contributed by atoms with van der Waals surface area (Å²) < 4.78 is 38.6. The third kappa shape index (κ3) is 8.21. The molecule has 0 saturated carbocycles. The molecular weight excluding hydrogens is 528 g/mol. The number of likely N-dealkylation sites (tertiary alicyclic amines) is 1.